The van der Waals surface area contributed by atoms with E-state index in [1.807, 2.05) is 0 Å². The maximum atomic E-state index is 9.68. The van der Waals surface area contributed by atoms with Crippen molar-refractivity contribution in [3.05, 3.63) is 23.9 Å². The summed E-state index contributed by atoms with van der Waals surface area (Å²) in [4.78, 5) is 8.26. The molecule has 0 aliphatic heterocycles. The van der Waals surface area contributed by atoms with E-state index >= 15 is 0 Å². The largest absolute Gasteiger partial charge is 0.504 e. The van der Waals surface area contributed by atoms with Crippen molar-refractivity contribution in [2.45, 2.75) is 44.9 Å². The van der Waals surface area contributed by atoms with Crippen LogP contribution in [-0.4, -0.2) is 15.1 Å². The van der Waals surface area contributed by atoms with Crippen LogP contribution in [0.1, 0.15) is 50.0 Å². The molecule has 0 radical (unpaired) electrons. The molecule has 1 aliphatic rings. The maximum Gasteiger partial charge on any atom is 0.155 e. The molecule has 0 saturated heterocycles. The molecule has 1 fully saturated rings. The minimum Gasteiger partial charge on any atom is -0.504 e. The Bertz CT molecular complexity index is 414. The molecule has 0 aromatic carbocycles. The van der Waals surface area contributed by atoms with Gasteiger partial charge in [-0.2, -0.15) is 0 Å². The van der Waals surface area contributed by atoms with Crippen LogP contribution >= 0.6 is 0 Å². The first-order valence-electron chi connectivity index (χ1n) is 6.72. The SMILES string of the molecule is NC=Cc1ncc(O)c(CCCCCC2CC2)n1. The summed E-state index contributed by atoms with van der Waals surface area (Å²) in [5.74, 6) is 1.76. The lowest BCUT2D eigenvalue weighted by Gasteiger charge is -2.04. The summed E-state index contributed by atoms with van der Waals surface area (Å²) in [5.41, 5.74) is 6.03. The molecule has 4 heteroatoms. The highest BCUT2D eigenvalue weighted by molar-refractivity contribution is 5.40. The minimum absolute atomic E-state index is 0.186. The second-order valence-corrected chi connectivity index (χ2v) is 4.96. The number of hydrogen-bond acceptors (Lipinski definition) is 4. The van der Waals surface area contributed by atoms with E-state index < -0.39 is 0 Å². The van der Waals surface area contributed by atoms with Crippen LogP contribution in [-0.2, 0) is 6.42 Å². The van der Waals surface area contributed by atoms with E-state index in [2.05, 4.69) is 9.97 Å². The molecule has 0 spiro atoms. The summed E-state index contributed by atoms with van der Waals surface area (Å²) in [6, 6.07) is 0. The quantitative estimate of drug-likeness (QED) is 0.726. The molecule has 1 aliphatic carbocycles. The van der Waals surface area contributed by atoms with Crippen LogP contribution in [0.3, 0.4) is 0 Å². The highest BCUT2D eigenvalue weighted by Crippen LogP contribution is 2.34. The Hall–Kier alpha value is -1.58. The molecule has 1 aromatic rings. The van der Waals surface area contributed by atoms with Crippen molar-refractivity contribution in [2.24, 2.45) is 11.7 Å². The summed E-state index contributed by atoms with van der Waals surface area (Å²) in [7, 11) is 0. The van der Waals surface area contributed by atoms with Crippen LogP contribution in [0.2, 0.25) is 0 Å². The summed E-state index contributed by atoms with van der Waals surface area (Å²) >= 11 is 0. The number of aromatic hydroxyl groups is 1. The Balaban J connectivity index is 1.77. The zero-order valence-electron chi connectivity index (χ0n) is 10.7. The number of unbranched alkanes of at least 4 members (excludes halogenated alkanes) is 2. The second-order valence-electron chi connectivity index (χ2n) is 4.96. The van der Waals surface area contributed by atoms with Gasteiger partial charge in [-0.15, -0.1) is 0 Å². The average molecular weight is 247 g/mol. The van der Waals surface area contributed by atoms with E-state index in [9.17, 15) is 5.11 Å². The number of aromatic nitrogens is 2. The lowest BCUT2D eigenvalue weighted by atomic mass is 10.1. The lowest BCUT2D eigenvalue weighted by Crippen LogP contribution is -1.97. The first kappa shape index (κ1) is 12.9. The van der Waals surface area contributed by atoms with Crippen LogP contribution in [0.5, 0.6) is 5.75 Å². The van der Waals surface area contributed by atoms with Crippen LogP contribution < -0.4 is 5.73 Å². The van der Waals surface area contributed by atoms with Gasteiger partial charge >= 0.3 is 0 Å². The molecule has 98 valence electrons. The van der Waals surface area contributed by atoms with Gasteiger partial charge in [-0.25, -0.2) is 9.97 Å². The molecule has 0 atom stereocenters. The van der Waals surface area contributed by atoms with E-state index in [1.165, 1.54) is 44.5 Å². The van der Waals surface area contributed by atoms with E-state index in [1.54, 1.807) is 6.08 Å². The molecule has 1 saturated carbocycles. The van der Waals surface area contributed by atoms with Crippen LogP contribution in [0.15, 0.2) is 12.4 Å². The van der Waals surface area contributed by atoms with Crippen molar-refractivity contribution < 1.29 is 5.11 Å². The van der Waals surface area contributed by atoms with Gasteiger partial charge in [0.25, 0.3) is 0 Å². The van der Waals surface area contributed by atoms with Crippen molar-refractivity contribution in [2.75, 3.05) is 0 Å². The number of nitrogens with two attached hydrogens (primary N) is 1. The maximum absolute atomic E-state index is 9.68. The monoisotopic (exact) mass is 247 g/mol. The van der Waals surface area contributed by atoms with E-state index in [0.29, 0.717) is 5.82 Å². The Morgan fingerprint density at radius 3 is 2.89 bits per heavy atom. The molecule has 0 unspecified atom stereocenters. The van der Waals surface area contributed by atoms with Gasteiger partial charge < -0.3 is 10.8 Å². The average Bonchev–Trinajstić information content (AvgIpc) is 3.17. The summed E-state index contributed by atoms with van der Waals surface area (Å²) in [6.07, 6.45) is 13.1. The molecule has 0 amide bonds. The fraction of sp³-hybridized carbons (Fsp3) is 0.571. The van der Waals surface area contributed by atoms with Crippen molar-refractivity contribution in [3.63, 3.8) is 0 Å². The Kier molecular flexibility index (Phi) is 4.56. The normalized spacial score (nSPS) is 15.3. The molecular formula is C14H21N3O. The Morgan fingerprint density at radius 2 is 2.17 bits per heavy atom. The Labute approximate surface area is 108 Å². The molecule has 1 heterocycles. The first-order chi connectivity index (χ1) is 8.79. The van der Waals surface area contributed by atoms with E-state index in [-0.39, 0.29) is 5.75 Å². The third-order valence-electron chi connectivity index (χ3n) is 3.33. The minimum atomic E-state index is 0.186. The topological polar surface area (TPSA) is 72.0 Å². The molecule has 2 rings (SSSR count). The molecule has 4 nitrogen and oxygen atoms in total. The molecule has 0 bridgehead atoms. The van der Waals surface area contributed by atoms with E-state index in [4.69, 9.17) is 5.73 Å². The fourth-order valence-electron chi connectivity index (χ4n) is 2.09. The predicted octanol–water partition coefficient (Wildman–Crippen LogP) is 2.62. The van der Waals surface area contributed by atoms with Crippen LogP contribution in [0, 0.1) is 5.92 Å². The highest BCUT2D eigenvalue weighted by atomic mass is 16.3. The lowest BCUT2D eigenvalue weighted by molar-refractivity contribution is 0.457. The Morgan fingerprint density at radius 1 is 1.33 bits per heavy atom. The summed E-state index contributed by atoms with van der Waals surface area (Å²) in [5, 5.41) is 9.68. The van der Waals surface area contributed by atoms with Crippen LogP contribution in [0.25, 0.3) is 6.08 Å². The van der Waals surface area contributed by atoms with Gasteiger partial charge in [0, 0.05) is 0 Å². The van der Waals surface area contributed by atoms with Crippen molar-refractivity contribution in [1.82, 2.24) is 9.97 Å². The third-order valence-corrected chi connectivity index (χ3v) is 3.33. The second kappa shape index (κ2) is 6.38. The van der Waals surface area contributed by atoms with Crippen LogP contribution in [0.4, 0.5) is 0 Å². The van der Waals surface area contributed by atoms with Gasteiger partial charge in [0.2, 0.25) is 0 Å². The van der Waals surface area contributed by atoms with Gasteiger partial charge in [0.05, 0.1) is 11.9 Å². The van der Waals surface area contributed by atoms with Crippen molar-refractivity contribution in [1.29, 1.82) is 0 Å². The molecular weight excluding hydrogens is 226 g/mol. The molecule has 1 aromatic heterocycles. The first-order valence-corrected chi connectivity index (χ1v) is 6.72. The third kappa shape index (κ3) is 4.02. The van der Waals surface area contributed by atoms with Gasteiger partial charge in [-0.05, 0) is 31.0 Å². The number of rotatable bonds is 7. The predicted molar refractivity (Wildman–Crippen MR) is 71.8 cm³/mol. The van der Waals surface area contributed by atoms with E-state index in [0.717, 1.165) is 24.5 Å². The van der Waals surface area contributed by atoms with Gasteiger partial charge in [0.1, 0.15) is 0 Å². The van der Waals surface area contributed by atoms with Gasteiger partial charge in [-0.3, -0.25) is 0 Å². The standard InChI is InChI=1S/C14H21N3O/c15-9-8-14-16-10-13(18)12(17-14)5-3-1-2-4-11-6-7-11/h8-11,18H,1-7,15H2. The van der Waals surface area contributed by atoms with Gasteiger partial charge in [-0.1, -0.05) is 32.1 Å². The summed E-state index contributed by atoms with van der Waals surface area (Å²) in [6.45, 7) is 0. The number of nitrogens with zero attached hydrogens (tertiary/aromatic N) is 2. The van der Waals surface area contributed by atoms with Gasteiger partial charge in [0.15, 0.2) is 11.6 Å². The zero-order chi connectivity index (χ0) is 12.8. The fourth-order valence-corrected chi connectivity index (χ4v) is 2.09. The van der Waals surface area contributed by atoms with Crippen molar-refractivity contribution >= 4 is 6.08 Å². The zero-order valence-corrected chi connectivity index (χ0v) is 10.7. The van der Waals surface area contributed by atoms with Crippen molar-refractivity contribution in [3.8, 4) is 5.75 Å². The number of aryl methyl sites for hydroxylation is 1. The number of hydrogen-bond donors (Lipinski definition) is 2. The molecule has 18 heavy (non-hydrogen) atoms. The summed E-state index contributed by atoms with van der Waals surface area (Å²) < 4.78 is 0. The molecule has 3 N–H and O–H groups in total. The smallest absolute Gasteiger partial charge is 0.155 e. The highest BCUT2D eigenvalue weighted by Gasteiger charge is 2.19.